The summed E-state index contributed by atoms with van der Waals surface area (Å²) in [5.74, 6) is 0.480. The van der Waals surface area contributed by atoms with E-state index in [1.54, 1.807) is 0 Å². The highest BCUT2D eigenvalue weighted by Gasteiger charge is 2.41. The number of rotatable bonds is 6. The average Bonchev–Trinajstić information content (AvgIpc) is 2.86. The van der Waals surface area contributed by atoms with Gasteiger partial charge in [-0.1, -0.05) is 75.6 Å². The summed E-state index contributed by atoms with van der Waals surface area (Å²) in [6.45, 7) is 4.47. The van der Waals surface area contributed by atoms with E-state index in [9.17, 15) is 4.79 Å². The fraction of sp³-hybridized carbons (Fsp3) is 0.526. The molecule has 20 heavy (non-hydrogen) atoms. The van der Waals surface area contributed by atoms with Crippen LogP contribution in [-0.2, 0) is 0 Å². The normalized spacial score (nSPS) is 26.2. The first kappa shape index (κ1) is 15.0. The minimum Gasteiger partial charge on any atom is -0.294 e. The first-order valence-corrected chi connectivity index (χ1v) is 7.94. The van der Waals surface area contributed by atoms with Gasteiger partial charge in [0.05, 0.1) is 0 Å². The van der Waals surface area contributed by atoms with E-state index in [2.05, 4.69) is 26.0 Å². The standard InChI is InChI=1S/C19H26O/c1-3-4-5-9-14-19(2)15-10-13-17(19)18(20)16-11-7-6-8-12-16/h6-9,11-12,14,17H,3-5,10,13,15H2,1-2H3/b14-9+/t17-,19+/m1/s1. The van der Waals surface area contributed by atoms with Crippen LogP contribution >= 0.6 is 0 Å². The maximum absolute atomic E-state index is 12.7. The maximum Gasteiger partial charge on any atom is 0.166 e. The summed E-state index contributed by atoms with van der Waals surface area (Å²) in [5.41, 5.74) is 0.924. The molecule has 2 atom stereocenters. The molecule has 1 nitrogen and oxygen atoms in total. The Hall–Kier alpha value is -1.37. The number of carbonyl (C=O) groups is 1. The third-order valence-corrected chi connectivity index (χ3v) is 4.60. The number of hydrogen-bond donors (Lipinski definition) is 0. The molecule has 0 radical (unpaired) electrons. The Bertz CT molecular complexity index is 460. The van der Waals surface area contributed by atoms with Crippen molar-refractivity contribution < 1.29 is 4.79 Å². The van der Waals surface area contributed by atoms with Gasteiger partial charge in [-0.05, 0) is 24.7 Å². The molecule has 1 saturated carbocycles. The summed E-state index contributed by atoms with van der Waals surface area (Å²) in [6.07, 6.45) is 11.6. The number of hydrogen-bond acceptors (Lipinski definition) is 1. The molecule has 0 spiro atoms. The monoisotopic (exact) mass is 270 g/mol. The zero-order valence-electron chi connectivity index (χ0n) is 12.8. The first-order chi connectivity index (χ1) is 9.67. The van der Waals surface area contributed by atoms with Gasteiger partial charge >= 0.3 is 0 Å². The molecule has 0 unspecified atom stereocenters. The highest BCUT2D eigenvalue weighted by Crippen LogP contribution is 2.45. The van der Waals surface area contributed by atoms with Gasteiger partial charge in [-0.25, -0.2) is 0 Å². The Labute approximate surface area is 123 Å². The summed E-state index contributed by atoms with van der Waals surface area (Å²) < 4.78 is 0. The predicted molar refractivity (Wildman–Crippen MR) is 84.9 cm³/mol. The molecule has 2 rings (SSSR count). The van der Waals surface area contributed by atoms with Gasteiger partial charge < -0.3 is 0 Å². The Morgan fingerprint density at radius 3 is 2.80 bits per heavy atom. The minimum atomic E-state index is 0.0562. The van der Waals surface area contributed by atoms with Crippen molar-refractivity contribution in [3.05, 3.63) is 48.0 Å². The van der Waals surface area contributed by atoms with Crippen molar-refractivity contribution in [3.8, 4) is 0 Å². The van der Waals surface area contributed by atoms with Crippen molar-refractivity contribution in [3.63, 3.8) is 0 Å². The maximum atomic E-state index is 12.7. The van der Waals surface area contributed by atoms with E-state index >= 15 is 0 Å². The van der Waals surface area contributed by atoms with Crippen molar-refractivity contribution in [2.24, 2.45) is 11.3 Å². The highest BCUT2D eigenvalue weighted by molar-refractivity contribution is 5.98. The van der Waals surface area contributed by atoms with E-state index < -0.39 is 0 Å². The quantitative estimate of drug-likeness (QED) is 0.383. The van der Waals surface area contributed by atoms with E-state index in [-0.39, 0.29) is 11.3 Å². The van der Waals surface area contributed by atoms with Crippen molar-refractivity contribution in [2.75, 3.05) is 0 Å². The van der Waals surface area contributed by atoms with E-state index in [1.165, 1.54) is 12.8 Å². The molecule has 1 aliphatic carbocycles. The van der Waals surface area contributed by atoms with E-state index in [0.29, 0.717) is 5.78 Å². The largest absolute Gasteiger partial charge is 0.294 e. The zero-order valence-corrected chi connectivity index (χ0v) is 12.8. The second-order valence-corrected chi connectivity index (χ2v) is 6.23. The Morgan fingerprint density at radius 1 is 1.35 bits per heavy atom. The van der Waals surface area contributed by atoms with Gasteiger partial charge in [0.25, 0.3) is 0 Å². The molecule has 108 valence electrons. The van der Waals surface area contributed by atoms with Crippen molar-refractivity contribution in [2.45, 2.75) is 52.4 Å². The topological polar surface area (TPSA) is 17.1 Å². The molecule has 1 fully saturated rings. The third-order valence-electron chi connectivity index (χ3n) is 4.60. The van der Waals surface area contributed by atoms with Crippen LogP contribution in [0.1, 0.15) is 62.7 Å². The number of ketones is 1. The summed E-state index contributed by atoms with van der Waals surface area (Å²) in [6, 6.07) is 9.77. The van der Waals surface area contributed by atoms with Crippen LogP contribution in [0.3, 0.4) is 0 Å². The molecule has 1 aliphatic rings. The molecular weight excluding hydrogens is 244 g/mol. The van der Waals surface area contributed by atoms with Gasteiger partial charge in [0.2, 0.25) is 0 Å². The van der Waals surface area contributed by atoms with E-state index in [0.717, 1.165) is 31.2 Å². The van der Waals surface area contributed by atoms with Crippen molar-refractivity contribution in [1.82, 2.24) is 0 Å². The van der Waals surface area contributed by atoms with Crippen LogP contribution in [0, 0.1) is 11.3 Å². The second kappa shape index (κ2) is 6.88. The Morgan fingerprint density at radius 2 is 2.10 bits per heavy atom. The number of carbonyl (C=O) groups excluding carboxylic acids is 1. The molecule has 1 aromatic carbocycles. The Kier molecular flexibility index (Phi) is 5.17. The summed E-state index contributed by atoms with van der Waals surface area (Å²) in [5, 5.41) is 0. The van der Waals surface area contributed by atoms with Gasteiger partial charge in [-0.15, -0.1) is 0 Å². The molecule has 0 bridgehead atoms. The lowest BCUT2D eigenvalue weighted by Gasteiger charge is -2.27. The van der Waals surface area contributed by atoms with Crippen LogP contribution < -0.4 is 0 Å². The summed E-state index contributed by atoms with van der Waals surface area (Å²) in [4.78, 5) is 12.7. The molecule has 1 heteroatoms. The lowest BCUT2D eigenvalue weighted by atomic mass is 9.75. The fourth-order valence-electron chi connectivity index (χ4n) is 3.30. The smallest absolute Gasteiger partial charge is 0.166 e. The van der Waals surface area contributed by atoms with E-state index in [1.807, 2.05) is 30.3 Å². The molecule has 0 saturated heterocycles. The van der Waals surface area contributed by atoms with Crippen molar-refractivity contribution in [1.29, 1.82) is 0 Å². The molecule has 0 amide bonds. The molecule has 0 heterocycles. The average molecular weight is 270 g/mol. The van der Waals surface area contributed by atoms with Crippen LogP contribution in [-0.4, -0.2) is 5.78 Å². The van der Waals surface area contributed by atoms with E-state index in [4.69, 9.17) is 0 Å². The van der Waals surface area contributed by atoms with Crippen LogP contribution in [0.25, 0.3) is 0 Å². The van der Waals surface area contributed by atoms with Gasteiger partial charge in [-0.2, -0.15) is 0 Å². The highest BCUT2D eigenvalue weighted by atomic mass is 16.1. The van der Waals surface area contributed by atoms with Crippen molar-refractivity contribution >= 4 is 5.78 Å². The second-order valence-electron chi connectivity index (χ2n) is 6.23. The number of Topliss-reactive ketones (excluding diaryl/α,β-unsaturated/α-hetero) is 1. The summed E-state index contributed by atoms with van der Waals surface area (Å²) in [7, 11) is 0. The zero-order chi connectivity index (χ0) is 14.4. The molecule has 0 aromatic heterocycles. The SMILES string of the molecule is CCCC/C=C/[C@@]1(C)CCC[C@@H]1C(=O)c1ccccc1. The Balaban J connectivity index is 2.10. The fourth-order valence-corrected chi connectivity index (χ4v) is 3.30. The lowest BCUT2D eigenvalue weighted by molar-refractivity contribution is 0.0861. The van der Waals surface area contributed by atoms with Crippen LogP contribution in [0.15, 0.2) is 42.5 Å². The molecule has 0 aliphatic heterocycles. The van der Waals surface area contributed by atoms with Crippen LogP contribution in [0.2, 0.25) is 0 Å². The first-order valence-electron chi connectivity index (χ1n) is 7.94. The van der Waals surface area contributed by atoms with Gasteiger partial charge in [0.15, 0.2) is 5.78 Å². The number of unbranched alkanes of at least 4 members (excludes halogenated alkanes) is 2. The number of benzene rings is 1. The van der Waals surface area contributed by atoms with Gasteiger partial charge in [0.1, 0.15) is 0 Å². The molecule has 1 aromatic rings. The molecule has 0 N–H and O–H groups in total. The van der Waals surface area contributed by atoms with Gasteiger partial charge in [-0.3, -0.25) is 4.79 Å². The minimum absolute atomic E-state index is 0.0562. The van der Waals surface area contributed by atoms with Crippen LogP contribution in [0.4, 0.5) is 0 Å². The summed E-state index contributed by atoms with van der Waals surface area (Å²) >= 11 is 0. The van der Waals surface area contributed by atoms with Crippen LogP contribution in [0.5, 0.6) is 0 Å². The van der Waals surface area contributed by atoms with Gasteiger partial charge in [0, 0.05) is 11.5 Å². The third kappa shape index (κ3) is 3.39. The predicted octanol–water partition coefficient (Wildman–Crippen LogP) is 5.42. The number of allylic oxidation sites excluding steroid dienone is 2. The molecular formula is C19H26O. The lowest BCUT2D eigenvalue weighted by Crippen LogP contribution is -2.27.